The summed E-state index contributed by atoms with van der Waals surface area (Å²) in [4.78, 5) is 39.4. The molecule has 4 heterocycles. The highest BCUT2D eigenvalue weighted by atomic mass is 35.5. The fraction of sp³-hybridized carbons (Fsp3) is 0.303. The van der Waals surface area contributed by atoms with Crippen molar-refractivity contribution in [1.82, 2.24) is 29.4 Å². The van der Waals surface area contributed by atoms with Gasteiger partial charge in [0.1, 0.15) is 16.9 Å². The van der Waals surface area contributed by atoms with E-state index in [1.165, 1.54) is 11.6 Å². The molecule has 1 aliphatic heterocycles. The number of fused-ring (bicyclic) bond motifs is 1. The predicted molar refractivity (Wildman–Crippen MR) is 177 cm³/mol. The van der Waals surface area contributed by atoms with Gasteiger partial charge in [-0.1, -0.05) is 41.9 Å². The van der Waals surface area contributed by atoms with Crippen LogP contribution in [0.1, 0.15) is 17.7 Å². The zero-order valence-electron chi connectivity index (χ0n) is 25.9. The summed E-state index contributed by atoms with van der Waals surface area (Å²) in [6.07, 6.45) is 3.34. The van der Waals surface area contributed by atoms with E-state index in [0.717, 1.165) is 26.9 Å². The van der Waals surface area contributed by atoms with E-state index in [0.29, 0.717) is 70.8 Å². The average Bonchev–Trinajstić information content (AvgIpc) is 3.07. The number of ether oxygens (including phenoxy) is 2. The topological polar surface area (TPSA) is 145 Å². The van der Waals surface area contributed by atoms with E-state index in [9.17, 15) is 14.7 Å². The van der Waals surface area contributed by atoms with Crippen LogP contribution in [0.15, 0.2) is 64.4 Å². The number of aryl methyl sites for hydroxylation is 1. The number of benzene rings is 2. The molecule has 5 aromatic rings. The molecule has 0 saturated carbocycles. The Morgan fingerprint density at radius 2 is 1.83 bits per heavy atom. The van der Waals surface area contributed by atoms with Crippen molar-refractivity contribution in [3.05, 3.63) is 92.0 Å². The van der Waals surface area contributed by atoms with Crippen LogP contribution in [-0.4, -0.2) is 61.7 Å². The predicted octanol–water partition coefficient (Wildman–Crippen LogP) is 3.71. The van der Waals surface area contributed by atoms with Gasteiger partial charge in [0.2, 0.25) is 5.88 Å². The monoisotopic (exact) mass is 643 g/mol. The molecule has 3 aromatic heterocycles. The number of nitrogens with zero attached hydrogens (tertiary/aromatic N) is 5. The summed E-state index contributed by atoms with van der Waals surface area (Å²) in [5, 5.41) is 17.7. The van der Waals surface area contributed by atoms with Gasteiger partial charge in [-0.25, -0.2) is 14.8 Å². The van der Waals surface area contributed by atoms with E-state index in [1.54, 1.807) is 32.6 Å². The van der Waals surface area contributed by atoms with Crippen LogP contribution < -0.4 is 26.6 Å². The Hall–Kier alpha value is -4.62. The van der Waals surface area contributed by atoms with E-state index in [1.807, 2.05) is 43.3 Å². The number of aliphatic hydroxyl groups excluding tert-OH is 1. The lowest BCUT2D eigenvalue weighted by atomic mass is 9.96. The van der Waals surface area contributed by atoms with Crippen molar-refractivity contribution < 1.29 is 14.6 Å². The van der Waals surface area contributed by atoms with E-state index in [4.69, 9.17) is 26.1 Å². The van der Waals surface area contributed by atoms with Gasteiger partial charge in [0.25, 0.3) is 5.56 Å². The van der Waals surface area contributed by atoms with Gasteiger partial charge in [0.15, 0.2) is 0 Å². The Balaban J connectivity index is 1.32. The standard InChI is InChI=1S/C33H34ClN7O5/c1-18-19(7-6-10-22(18)38-30-28-26(11-13-35-30)40(2)33(44)41(3)32(28)43)20-8-5-9-21(29(20)34)24-15-37-25(31(39-24)45-4)16-36-23-12-14-46-17-27(23)42/h5-11,13,15,23,27,36,42H,12,14,16-17H2,1-4H3,(H,35,38)/t23-,27-/m1/s1. The molecule has 1 saturated heterocycles. The molecule has 0 unspecified atom stereocenters. The first-order valence-electron chi connectivity index (χ1n) is 14.8. The molecule has 1 aliphatic rings. The summed E-state index contributed by atoms with van der Waals surface area (Å²) >= 11 is 7.06. The maximum atomic E-state index is 13.1. The van der Waals surface area contributed by atoms with Gasteiger partial charge < -0.3 is 25.2 Å². The summed E-state index contributed by atoms with van der Waals surface area (Å²) in [5.41, 5.74) is 4.74. The number of hydrogen-bond acceptors (Lipinski definition) is 10. The highest BCUT2D eigenvalue weighted by molar-refractivity contribution is 6.36. The molecule has 0 radical (unpaired) electrons. The molecule has 2 aromatic carbocycles. The average molecular weight is 644 g/mol. The zero-order chi connectivity index (χ0) is 32.5. The first-order valence-corrected chi connectivity index (χ1v) is 15.2. The molecule has 0 spiro atoms. The van der Waals surface area contributed by atoms with Crippen molar-refractivity contribution in [2.45, 2.75) is 32.0 Å². The highest BCUT2D eigenvalue weighted by Crippen LogP contribution is 2.39. The second kappa shape index (κ2) is 13.0. The van der Waals surface area contributed by atoms with Crippen LogP contribution in [0, 0.1) is 6.92 Å². The fourth-order valence-corrected chi connectivity index (χ4v) is 6.07. The van der Waals surface area contributed by atoms with Gasteiger partial charge in [0, 0.05) is 56.3 Å². The van der Waals surface area contributed by atoms with E-state index in [2.05, 4.69) is 20.6 Å². The number of hydrogen-bond donors (Lipinski definition) is 3. The summed E-state index contributed by atoms with van der Waals surface area (Å²) < 4.78 is 13.4. The van der Waals surface area contributed by atoms with Gasteiger partial charge in [-0.05, 0) is 36.6 Å². The van der Waals surface area contributed by atoms with Gasteiger partial charge in [-0.2, -0.15) is 0 Å². The quantitative estimate of drug-likeness (QED) is 0.229. The molecule has 12 nitrogen and oxygen atoms in total. The summed E-state index contributed by atoms with van der Waals surface area (Å²) in [6.45, 7) is 3.22. The molecule has 0 amide bonds. The maximum Gasteiger partial charge on any atom is 0.330 e. The summed E-state index contributed by atoms with van der Waals surface area (Å²) in [5.74, 6) is 0.707. The number of pyridine rings is 1. The largest absolute Gasteiger partial charge is 0.480 e. The van der Waals surface area contributed by atoms with Crippen molar-refractivity contribution in [1.29, 1.82) is 0 Å². The lowest BCUT2D eigenvalue weighted by molar-refractivity contribution is -0.0281. The number of aliphatic hydroxyl groups is 1. The molecule has 13 heteroatoms. The van der Waals surface area contributed by atoms with Crippen molar-refractivity contribution in [2.24, 2.45) is 14.1 Å². The molecule has 0 bridgehead atoms. The molecule has 1 fully saturated rings. The second-order valence-electron chi connectivity index (χ2n) is 11.2. The van der Waals surface area contributed by atoms with Crippen molar-refractivity contribution in [2.75, 3.05) is 25.6 Å². The molecule has 238 valence electrons. The number of halogens is 1. The van der Waals surface area contributed by atoms with E-state index in [-0.39, 0.29) is 6.04 Å². The molecule has 6 rings (SSSR count). The minimum atomic E-state index is -0.587. The SMILES string of the molecule is COc1nc(-c2cccc(-c3cccc(Nc4nccc5c4c(=O)n(C)c(=O)n5C)c3C)c2Cl)cnc1CN[C@@H]1CCOC[C@H]1O. The Labute approximate surface area is 269 Å². The van der Waals surface area contributed by atoms with Crippen LogP contribution in [0.25, 0.3) is 33.3 Å². The lowest BCUT2D eigenvalue weighted by Crippen LogP contribution is -2.46. The second-order valence-corrected chi connectivity index (χ2v) is 11.5. The number of nitrogens with one attached hydrogen (secondary N) is 2. The third kappa shape index (κ3) is 5.76. The molecule has 2 atom stereocenters. The smallest absolute Gasteiger partial charge is 0.330 e. The van der Waals surface area contributed by atoms with E-state index >= 15 is 0 Å². The van der Waals surface area contributed by atoms with Crippen LogP contribution in [-0.2, 0) is 25.4 Å². The number of anilines is 2. The third-order valence-corrected chi connectivity index (χ3v) is 8.80. The Morgan fingerprint density at radius 1 is 1.07 bits per heavy atom. The Kier molecular flexibility index (Phi) is 8.87. The molecular weight excluding hydrogens is 610 g/mol. The number of aromatic nitrogens is 5. The van der Waals surface area contributed by atoms with Crippen LogP contribution in [0.3, 0.4) is 0 Å². The molecule has 0 aliphatic carbocycles. The number of methoxy groups -OCH3 is 1. The van der Waals surface area contributed by atoms with E-state index < -0.39 is 17.4 Å². The minimum absolute atomic E-state index is 0.102. The van der Waals surface area contributed by atoms with Gasteiger partial charge in [-0.3, -0.25) is 18.9 Å². The summed E-state index contributed by atoms with van der Waals surface area (Å²) in [7, 11) is 4.61. The Morgan fingerprint density at radius 3 is 2.61 bits per heavy atom. The van der Waals surface area contributed by atoms with Crippen LogP contribution in [0.4, 0.5) is 11.5 Å². The first-order chi connectivity index (χ1) is 22.2. The van der Waals surface area contributed by atoms with Gasteiger partial charge in [-0.15, -0.1) is 0 Å². The first kappa shape index (κ1) is 31.4. The lowest BCUT2D eigenvalue weighted by Gasteiger charge is -2.28. The van der Waals surface area contributed by atoms with Crippen LogP contribution in [0.5, 0.6) is 5.88 Å². The van der Waals surface area contributed by atoms with Crippen LogP contribution >= 0.6 is 11.6 Å². The van der Waals surface area contributed by atoms with Gasteiger partial charge in [0.05, 0.1) is 42.3 Å². The number of rotatable bonds is 8. The zero-order valence-corrected chi connectivity index (χ0v) is 26.6. The third-order valence-electron chi connectivity index (χ3n) is 8.40. The van der Waals surface area contributed by atoms with Crippen LogP contribution in [0.2, 0.25) is 5.02 Å². The van der Waals surface area contributed by atoms with Crippen molar-refractivity contribution >= 4 is 34.0 Å². The Bertz CT molecular complexity index is 2060. The maximum absolute atomic E-state index is 13.1. The molecular formula is C33H34ClN7O5. The molecule has 3 N–H and O–H groups in total. The highest BCUT2D eigenvalue weighted by Gasteiger charge is 2.24. The van der Waals surface area contributed by atoms with Gasteiger partial charge >= 0.3 is 5.69 Å². The molecule has 46 heavy (non-hydrogen) atoms. The normalized spacial score (nSPS) is 16.5. The summed E-state index contributed by atoms with van der Waals surface area (Å²) in [6, 6.07) is 13.0. The minimum Gasteiger partial charge on any atom is -0.480 e. The van der Waals surface area contributed by atoms with Crippen molar-refractivity contribution in [3.8, 4) is 28.3 Å². The van der Waals surface area contributed by atoms with Crippen molar-refractivity contribution in [3.63, 3.8) is 0 Å². The fourth-order valence-electron chi connectivity index (χ4n) is 5.75.